The molecule has 0 N–H and O–H groups in total. The van der Waals surface area contributed by atoms with Crippen LogP contribution in [0.3, 0.4) is 0 Å². The zero-order valence-corrected chi connectivity index (χ0v) is 23.6. The van der Waals surface area contributed by atoms with Gasteiger partial charge in [-0.15, -0.1) is 28.5 Å². The van der Waals surface area contributed by atoms with Crippen molar-refractivity contribution < 1.29 is 26.2 Å². The number of rotatable bonds is 4. The molecule has 1 aliphatic rings. The molecule has 1 aliphatic carbocycles. The van der Waals surface area contributed by atoms with Crippen LogP contribution in [-0.2, 0) is 45.5 Å². The number of benzene rings is 2. The third kappa shape index (κ3) is 7.00. The minimum atomic E-state index is 0. The summed E-state index contributed by atoms with van der Waals surface area (Å²) < 4.78 is 0. The van der Waals surface area contributed by atoms with Crippen LogP contribution in [0.15, 0.2) is 72.8 Å². The van der Waals surface area contributed by atoms with Crippen LogP contribution in [0.1, 0.15) is 48.4 Å². The zero-order chi connectivity index (χ0) is 22.1. The standard InChI is InChI=1S/C19H17.C9H13.C2H6Si.Zr/c1-13-10-16-12-15-8-5-9-17(15)19(18(16)11-13)14-6-3-2-4-7-14;1-2-3-6-9-7-4-5-8-9;1-3-2;/h2-4,6-7,10-12H,5,8-9H2,1H3;4-5,7-8H,2-3,6H2,1H3;1-2H3;/q2*-1;;+3. The van der Waals surface area contributed by atoms with Gasteiger partial charge in [0.05, 0.1) is 0 Å². The van der Waals surface area contributed by atoms with Crippen molar-refractivity contribution >= 4 is 20.3 Å². The maximum Gasteiger partial charge on any atom is 3.00 e. The monoisotopic (exact) mass is 514 g/mol. The van der Waals surface area contributed by atoms with E-state index in [9.17, 15) is 0 Å². The summed E-state index contributed by atoms with van der Waals surface area (Å²) in [6, 6.07) is 26.5. The first-order chi connectivity index (χ1) is 15.2. The van der Waals surface area contributed by atoms with Gasteiger partial charge < -0.3 is 0 Å². The Bertz CT molecular complexity index is 1040. The van der Waals surface area contributed by atoms with Crippen LogP contribution < -0.4 is 0 Å². The Morgan fingerprint density at radius 2 is 1.75 bits per heavy atom. The van der Waals surface area contributed by atoms with E-state index in [2.05, 4.69) is 99.7 Å². The fourth-order valence-corrected chi connectivity index (χ4v) is 4.47. The smallest absolute Gasteiger partial charge is 0.211 e. The van der Waals surface area contributed by atoms with Gasteiger partial charge >= 0.3 is 26.2 Å². The Labute approximate surface area is 217 Å². The molecule has 0 unspecified atom stereocenters. The molecule has 4 aromatic rings. The molecule has 163 valence electrons. The fourth-order valence-electron chi connectivity index (χ4n) is 4.47. The first kappa shape index (κ1) is 26.7. The molecule has 0 aliphatic heterocycles. The second-order valence-corrected chi connectivity index (χ2v) is 9.54. The van der Waals surface area contributed by atoms with Gasteiger partial charge in [0.15, 0.2) is 0 Å². The van der Waals surface area contributed by atoms with Crippen LogP contribution >= 0.6 is 0 Å². The summed E-state index contributed by atoms with van der Waals surface area (Å²) in [7, 11) is 1.08. The van der Waals surface area contributed by atoms with E-state index < -0.39 is 0 Å². The van der Waals surface area contributed by atoms with Crippen molar-refractivity contribution in [1.82, 2.24) is 0 Å². The minimum Gasteiger partial charge on any atom is -0.211 e. The van der Waals surface area contributed by atoms with Crippen LogP contribution in [0, 0.1) is 6.92 Å². The van der Waals surface area contributed by atoms with E-state index in [1.807, 2.05) is 0 Å². The van der Waals surface area contributed by atoms with Crippen molar-refractivity contribution in [2.75, 3.05) is 0 Å². The molecular weight excluding hydrogens is 480 g/mol. The summed E-state index contributed by atoms with van der Waals surface area (Å²) in [6.07, 6.45) is 7.66. The number of unbranched alkanes of at least 4 members (excludes halogenated alkanes) is 1. The molecule has 0 heterocycles. The normalized spacial score (nSPS) is 11.6. The van der Waals surface area contributed by atoms with Crippen LogP contribution in [0.2, 0.25) is 13.1 Å². The Balaban J connectivity index is 0.000000237. The van der Waals surface area contributed by atoms with Gasteiger partial charge in [0.25, 0.3) is 0 Å². The summed E-state index contributed by atoms with van der Waals surface area (Å²) >= 11 is 0. The summed E-state index contributed by atoms with van der Waals surface area (Å²) in [6.45, 7) is 8.73. The van der Waals surface area contributed by atoms with Crippen molar-refractivity contribution in [3.05, 3.63) is 95.1 Å². The SMILES string of the molecule is CCCCc1cc[cH-]c1.C[Si]C.Cc1cc2c(-c3ccccc3)c3c(cc2[cH-]1)CCC3.[Zr+3]. The van der Waals surface area contributed by atoms with Crippen molar-refractivity contribution in [2.45, 2.75) is 65.5 Å². The van der Waals surface area contributed by atoms with Crippen molar-refractivity contribution in [2.24, 2.45) is 0 Å². The summed E-state index contributed by atoms with van der Waals surface area (Å²) in [4.78, 5) is 0. The second-order valence-electron chi connectivity index (χ2n) is 8.54. The van der Waals surface area contributed by atoms with Crippen molar-refractivity contribution in [3.8, 4) is 11.1 Å². The predicted molar refractivity (Wildman–Crippen MR) is 140 cm³/mol. The third-order valence-corrected chi connectivity index (χ3v) is 5.84. The van der Waals surface area contributed by atoms with Crippen LogP contribution in [0.5, 0.6) is 0 Å². The van der Waals surface area contributed by atoms with Gasteiger partial charge in [-0.05, 0) is 24.8 Å². The second kappa shape index (κ2) is 13.9. The molecule has 0 nitrogen and oxygen atoms in total. The molecule has 0 amide bonds. The molecule has 0 saturated carbocycles. The van der Waals surface area contributed by atoms with Gasteiger partial charge in [0.1, 0.15) is 0 Å². The predicted octanol–water partition coefficient (Wildman–Crippen LogP) is 8.56. The maximum atomic E-state index is 2.41. The Hall–Kier alpha value is -1.50. The van der Waals surface area contributed by atoms with E-state index in [1.165, 1.54) is 71.6 Å². The van der Waals surface area contributed by atoms with Gasteiger partial charge in [-0.1, -0.05) is 93.2 Å². The van der Waals surface area contributed by atoms with Gasteiger partial charge in [-0.3, -0.25) is 0 Å². The van der Waals surface area contributed by atoms with E-state index >= 15 is 0 Å². The molecule has 5 rings (SSSR count). The summed E-state index contributed by atoms with van der Waals surface area (Å²) in [5.74, 6) is 0. The van der Waals surface area contributed by atoms with E-state index in [0.29, 0.717) is 0 Å². The quantitative estimate of drug-likeness (QED) is 0.189. The average molecular weight is 516 g/mol. The first-order valence-corrected chi connectivity index (χ1v) is 13.7. The molecule has 0 spiro atoms. The molecule has 3 radical (unpaired) electrons. The molecule has 32 heavy (non-hydrogen) atoms. The van der Waals surface area contributed by atoms with Gasteiger partial charge in [-0.2, -0.15) is 29.8 Å². The summed E-state index contributed by atoms with van der Waals surface area (Å²) in [5.41, 5.74) is 8.87. The molecule has 0 bridgehead atoms. The molecule has 2 heteroatoms. The Morgan fingerprint density at radius 1 is 1.00 bits per heavy atom. The molecule has 0 fully saturated rings. The van der Waals surface area contributed by atoms with Crippen LogP contribution in [-0.4, -0.2) is 9.52 Å². The number of hydrogen-bond donors (Lipinski definition) is 0. The molecular formula is C30H36SiZr+. The van der Waals surface area contributed by atoms with E-state index in [-0.39, 0.29) is 26.2 Å². The van der Waals surface area contributed by atoms with E-state index in [4.69, 9.17) is 0 Å². The number of fused-ring (bicyclic) bond motifs is 2. The zero-order valence-electron chi connectivity index (χ0n) is 20.2. The average Bonchev–Trinajstić information content (AvgIpc) is 3.52. The van der Waals surface area contributed by atoms with E-state index in [1.54, 1.807) is 11.1 Å². The number of aryl methyl sites for hydroxylation is 3. The largest absolute Gasteiger partial charge is 3.00 e. The molecule has 0 aromatic heterocycles. The van der Waals surface area contributed by atoms with Gasteiger partial charge in [0.2, 0.25) is 0 Å². The molecule has 0 saturated heterocycles. The minimum absolute atomic E-state index is 0. The van der Waals surface area contributed by atoms with Crippen LogP contribution in [0.25, 0.3) is 21.9 Å². The Morgan fingerprint density at radius 3 is 2.41 bits per heavy atom. The van der Waals surface area contributed by atoms with Crippen LogP contribution in [0.4, 0.5) is 0 Å². The first-order valence-electron chi connectivity index (χ1n) is 11.7. The topological polar surface area (TPSA) is 0 Å². The van der Waals surface area contributed by atoms with Gasteiger partial charge in [0, 0.05) is 9.52 Å². The van der Waals surface area contributed by atoms with E-state index in [0.717, 1.165) is 9.52 Å². The Kier molecular flexibility index (Phi) is 11.6. The number of hydrogen-bond acceptors (Lipinski definition) is 0. The molecule has 4 aromatic carbocycles. The fraction of sp³-hybridized carbons (Fsp3) is 0.333. The van der Waals surface area contributed by atoms with Crippen molar-refractivity contribution in [1.29, 1.82) is 0 Å². The maximum absolute atomic E-state index is 2.41. The molecule has 0 atom stereocenters. The summed E-state index contributed by atoms with van der Waals surface area (Å²) in [5, 5.41) is 2.85. The van der Waals surface area contributed by atoms with Gasteiger partial charge in [-0.25, -0.2) is 6.07 Å². The van der Waals surface area contributed by atoms with Crippen molar-refractivity contribution in [3.63, 3.8) is 0 Å². The third-order valence-electron chi connectivity index (χ3n) is 5.84.